The third-order valence-electron chi connectivity index (χ3n) is 6.97. The molecule has 4 heteroatoms. The zero-order chi connectivity index (χ0) is 16.9. The molecule has 4 rings (SSSR count). The second kappa shape index (κ2) is 5.68. The van der Waals surface area contributed by atoms with Gasteiger partial charge < -0.3 is 14.7 Å². The molecule has 1 aromatic carbocycles. The lowest BCUT2D eigenvalue weighted by Crippen LogP contribution is -2.42. The van der Waals surface area contributed by atoms with E-state index in [1.54, 1.807) is 14.2 Å². The number of ether oxygens (including phenoxy) is 1. The molecule has 130 valence electrons. The summed E-state index contributed by atoms with van der Waals surface area (Å²) in [5.41, 5.74) is 4.17. The number of hydrogen-bond donors (Lipinski definition) is 1. The quantitative estimate of drug-likeness (QED) is 0.825. The van der Waals surface area contributed by atoms with Crippen LogP contribution in [0.4, 0.5) is 0 Å². The van der Waals surface area contributed by atoms with E-state index in [-0.39, 0.29) is 11.2 Å². The van der Waals surface area contributed by atoms with Crippen LogP contribution in [0.3, 0.4) is 0 Å². The van der Waals surface area contributed by atoms with Gasteiger partial charge in [0.05, 0.1) is 12.8 Å². The summed E-state index contributed by atoms with van der Waals surface area (Å²) in [7, 11) is 3.27. The smallest absolute Gasteiger partial charge is 0.160 e. The second-order valence-corrected chi connectivity index (χ2v) is 7.85. The number of nitrogens with zero attached hydrogens (tertiary/aromatic N) is 1. The van der Waals surface area contributed by atoms with Gasteiger partial charge in [-0.05, 0) is 79.5 Å². The fraction of sp³-hybridized carbons (Fsp3) is 0.650. The van der Waals surface area contributed by atoms with Crippen molar-refractivity contribution >= 4 is 5.71 Å². The lowest BCUT2D eigenvalue weighted by molar-refractivity contribution is 0.0923. The van der Waals surface area contributed by atoms with Crippen molar-refractivity contribution in [2.75, 3.05) is 14.2 Å². The number of methoxy groups -OCH3 is 1. The van der Waals surface area contributed by atoms with Gasteiger partial charge in [-0.15, -0.1) is 0 Å². The molecule has 0 heterocycles. The molecule has 0 aromatic heterocycles. The summed E-state index contributed by atoms with van der Waals surface area (Å²) in [6.07, 6.45) is 6.92. The minimum atomic E-state index is 0.198. The van der Waals surface area contributed by atoms with Gasteiger partial charge in [0.25, 0.3) is 0 Å². The molecule has 0 saturated heterocycles. The molecule has 0 amide bonds. The average Bonchev–Trinajstić information content (AvgIpc) is 2.91. The lowest BCUT2D eigenvalue weighted by Gasteiger charge is -2.49. The van der Waals surface area contributed by atoms with Crippen LogP contribution in [-0.2, 0) is 11.3 Å². The molecule has 24 heavy (non-hydrogen) atoms. The maximum atomic E-state index is 10.2. The highest BCUT2D eigenvalue weighted by molar-refractivity contribution is 5.92. The number of hydrogen-bond acceptors (Lipinski definition) is 4. The molecule has 1 N–H and O–H groups in total. The molecule has 4 nitrogen and oxygen atoms in total. The summed E-state index contributed by atoms with van der Waals surface area (Å²) in [6, 6.07) is 4.01. The molecule has 0 bridgehead atoms. The molecule has 2 saturated carbocycles. The van der Waals surface area contributed by atoms with E-state index in [9.17, 15) is 5.11 Å². The zero-order valence-electron chi connectivity index (χ0n) is 14.8. The number of rotatable bonds is 2. The topological polar surface area (TPSA) is 51.0 Å². The highest BCUT2D eigenvalue weighted by Crippen LogP contribution is 2.60. The molecule has 4 atom stereocenters. The molecule has 1 aromatic rings. The molecule has 0 spiro atoms. The number of aromatic hydroxyl groups is 1. The van der Waals surface area contributed by atoms with Crippen LogP contribution in [0.5, 0.6) is 11.5 Å². The van der Waals surface area contributed by atoms with E-state index in [1.807, 2.05) is 12.1 Å². The van der Waals surface area contributed by atoms with E-state index in [4.69, 9.17) is 9.57 Å². The second-order valence-electron chi connectivity index (χ2n) is 7.85. The van der Waals surface area contributed by atoms with E-state index in [0.29, 0.717) is 23.5 Å². The van der Waals surface area contributed by atoms with Crippen LogP contribution in [-0.4, -0.2) is 25.0 Å². The number of phenols is 1. The van der Waals surface area contributed by atoms with Gasteiger partial charge in [-0.25, -0.2) is 0 Å². The summed E-state index contributed by atoms with van der Waals surface area (Å²) >= 11 is 0. The Hall–Kier alpha value is -1.71. The van der Waals surface area contributed by atoms with Crippen molar-refractivity contribution in [1.82, 2.24) is 0 Å². The zero-order valence-corrected chi connectivity index (χ0v) is 14.8. The Morgan fingerprint density at radius 3 is 2.75 bits per heavy atom. The first-order valence-corrected chi connectivity index (χ1v) is 9.08. The molecular weight excluding hydrogens is 302 g/mol. The minimum Gasteiger partial charge on any atom is -0.504 e. The Morgan fingerprint density at radius 2 is 2.00 bits per heavy atom. The summed E-state index contributed by atoms with van der Waals surface area (Å²) in [5.74, 6) is 2.81. The van der Waals surface area contributed by atoms with Gasteiger partial charge in [-0.2, -0.15) is 0 Å². The molecule has 0 radical (unpaired) electrons. The standard InChI is InChI=1S/C20H27NO3/c1-20-9-8-13-14(16(20)6-7-19(20)21-24-3)5-4-12-10-18(23-2)17(22)11-15(12)13/h10-11,13-14,16,22H,4-9H2,1-3H3/b21-19+/t13?,14?,16?,20-/m0/s1. The van der Waals surface area contributed by atoms with Crippen molar-refractivity contribution < 1.29 is 14.7 Å². The molecular formula is C20H27NO3. The lowest BCUT2D eigenvalue weighted by atomic mass is 9.55. The van der Waals surface area contributed by atoms with Crippen molar-refractivity contribution in [3.05, 3.63) is 23.3 Å². The van der Waals surface area contributed by atoms with Gasteiger partial charge in [0, 0.05) is 5.41 Å². The Bertz CT molecular complexity index is 684. The first-order chi connectivity index (χ1) is 11.6. The van der Waals surface area contributed by atoms with E-state index >= 15 is 0 Å². The summed E-state index contributed by atoms with van der Waals surface area (Å²) in [5, 5.41) is 14.6. The Balaban J connectivity index is 1.69. The maximum Gasteiger partial charge on any atom is 0.160 e. The number of fused-ring (bicyclic) bond motifs is 5. The number of aryl methyl sites for hydroxylation is 1. The molecule has 3 aliphatic carbocycles. The highest BCUT2D eigenvalue weighted by Gasteiger charge is 2.53. The van der Waals surface area contributed by atoms with Crippen LogP contribution in [0.15, 0.2) is 17.3 Å². The van der Waals surface area contributed by atoms with E-state index in [1.165, 1.54) is 36.1 Å². The van der Waals surface area contributed by atoms with Crippen molar-refractivity contribution in [2.45, 2.75) is 51.4 Å². The van der Waals surface area contributed by atoms with Gasteiger partial charge in [0.15, 0.2) is 11.5 Å². The van der Waals surface area contributed by atoms with Gasteiger partial charge >= 0.3 is 0 Å². The largest absolute Gasteiger partial charge is 0.504 e. The third kappa shape index (κ3) is 2.15. The normalized spacial score (nSPS) is 36.0. The van der Waals surface area contributed by atoms with Crippen LogP contribution in [0, 0.1) is 17.3 Å². The van der Waals surface area contributed by atoms with Gasteiger partial charge in [-0.3, -0.25) is 0 Å². The van der Waals surface area contributed by atoms with Crippen LogP contribution >= 0.6 is 0 Å². The molecule has 2 fully saturated rings. The van der Waals surface area contributed by atoms with Crippen LogP contribution in [0.25, 0.3) is 0 Å². The molecule has 3 unspecified atom stereocenters. The van der Waals surface area contributed by atoms with Crippen LogP contribution < -0.4 is 4.74 Å². The predicted octanol–water partition coefficient (Wildman–Crippen LogP) is 4.26. The van der Waals surface area contributed by atoms with E-state index < -0.39 is 0 Å². The monoisotopic (exact) mass is 329 g/mol. The third-order valence-corrected chi connectivity index (χ3v) is 6.97. The number of oxime groups is 1. The van der Waals surface area contributed by atoms with Gasteiger partial charge in [-0.1, -0.05) is 12.1 Å². The van der Waals surface area contributed by atoms with Crippen molar-refractivity contribution in [2.24, 2.45) is 22.4 Å². The van der Waals surface area contributed by atoms with Gasteiger partial charge in [0.2, 0.25) is 0 Å². The van der Waals surface area contributed by atoms with E-state index in [2.05, 4.69) is 12.1 Å². The summed E-state index contributed by atoms with van der Waals surface area (Å²) < 4.78 is 5.29. The fourth-order valence-corrected chi connectivity index (χ4v) is 5.80. The first-order valence-electron chi connectivity index (χ1n) is 9.08. The number of benzene rings is 1. The Kier molecular flexibility index (Phi) is 3.74. The fourth-order valence-electron chi connectivity index (χ4n) is 5.80. The molecule has 0 aliphatic heterocycles. The first kappa shape index (κ1) is 15.8. The molecule has 3 aliphatic rings. The van der Waals surface area contributed by atoms with Gasteiger partial charge in [0.1, 0.15) is 7.11 Å². The minimum absolute atomic E-state index is 0.198. The summed E-state index contributed by atoms with van der Waals surface area (Å²) in [6.45, 7) is 2.39. The maximum absolute atomic E-state index is 10.2. The highest BCUT2D eigenvalue weighted by atomic mass is 16.6. The van der Waals surface area contributed by atoms with Crippen LogP contribution in [0.1, 0.15) is 56.1 Å². The number of phenolic OH excluding ortho intramolecular Hbond substituents is 1. The van der Waals surface area contributed by atoms with Crippen molar-refractivity contribution in [3.8, 4) is 11.5 Å². The Morgan fingerprint density at radius 1 is 1.17 bits per heavy atom. The van der Waals surface area contributed by atoms with Crippen LogP contribution in [0.2, 0.25) is 0 Å². The Labute approximate surface area is 143 Å². The average molecular weight is 329 g/mol. The summed E-state index contributed by atoms with van der Waals surface area (Å²) in [4.78, 5) is 5.11. The SMILES string of the molecule is CO/N=C1\CCC2C3CCc4cc(OC)c(O)cc4C3CC[C@]12C. The predicted molar refractivity (Wildman–Crippen MR) is 93.7 cm³/mol. The van der Waals surface area contributed by atoms with E-state index in [0.717, 1.165) is 19.3 Å². The van der Waals surface area contributed by atoms with Crippen molar-refractivity contribution in [1.29, 1.82) is 0 Å². The van der Waals surface area contributed by atoms with Crippen molar-refractivity contribution in [3.63, 3.8) is 0 Å².